The van der Waals surface area contributed by atoms with Crippen molar-refractivity contribution < 1.29 is 9.90 Å². The summed E-state index contributed by atoms with van der Waals surface area (Å²) in [5.74, 6) is 0.240. The minimum atomic E-state index is -0.126. The van der Waals surface area contributed by atoms with E-state index in [-0.39, 0.29) is 11.8 Å². The van der Waals surface area contributed by atoms with Gasteiger partial charge in [-0.3, -0.25) is 0 Å². The van der Waals surface area contributed by atoms with Crippen LogP contribution in [0.5, 0.6) is 5.75 Å². The molecule has 4 nitrogen and oxygen atoms in total. The molecular formula is C20H34N2O2. The van der Waals surface area contributed by atoms with Gasteiger partial charge < -0.3 is 15.7 Å². The van der Waals surface area contributed by atoms with Crippen LogP contribution in [0, 0.1) is 0 Å². The number of hydrogen-bond donors (Lipinski definition) is 3. The highest BCUT2D eigenvalue weighted by molar-refractivity contribution is 5.73. The second-order valence-electron chi connectivity index (χ2n) is 6.46. The molecule has 136 valence electrons. The molecule has 0 radical (unpaired) electrons. The maximum atomic E-state index is 11.7. The quantitative estimate of drug-likeness (QED) is 0.439. The number of benzene rings is 1. The first-order chi connectivity index (χ1) is 11.7. The van der Waals surface area contributed by atoms with E-state index in [1.807, 2.05) is 0 Å². The number of phenolic OH excluding ortho intramolecular Hbond substituents is 1. The number of urea groups is 1. The lowest BCUT2D eigenvalue weighted by Gasteiger charge is -2.08. The predicted octanol–water partition coefficient (Wildman–Crippen LogP) is 5.11. The zero-order valence-corrected chi connectivity index (χ0v) is 15.2. The lowest BCUT2D eigenvalue weighted by molar-refractivity contribution is 0.240. The first-order valence-electron chi connectivity index (χ1n) is 9.52. The Hall–Kier alpha value is -1.71. The molecule has 0 heterocycles. The fraction of sp³-hybridized carbons (Fsp3) is 0.650. The lowest BCUT2D eigenvalue weighted by atomic mass is 10.1. The molecule has 0 aromatic heterocycles. The van der Waals surface area contributed by atoms with Crippen molar-refractivity contribution in [3.05, 3.63) is 29.8 Å². The summed E-state index contributed by atoms with van der Waals surface area (Å²) in [7, 11) is 0. The number of amides is 2. The van der Waals surface area contributed by atoms with Gasteiger partial charge in [0.25, 0.3) is 0 Å². The van der Waals surface area contributed by atoms with Crippen LogP contribution in [0.1, 0.15) is 76.7 Å². The van der Waals surface area contributed by atoms with Gasteiger partial charge in [0.15, 0.2) is 0 Å². The van der Waals surface area contributed by atoms with Crippen molar-refractivity contribution in [2.75, 3.05) is 6.54 Å². The number of hydrogen-bond acceptors (Lipinski definition) is 2. The van der Waals surface area contributed by atoms with E-state index < -0.39 is 0 Å². The van der Waals surface area contributed by atoms with Crippen molar-refractivity contribution in [3.63, 3.8) is 0 Å². The molecule has 24 heavy (non-hydrogen) atoms. The van der Waals surface area contributed by atoms with E-state index in [0.29, 0.717) is 6.54 Å². The number of nitrogens with one attached hydrogen (secondary N) is 2. The van der Waals surface area contributed by atoms with Crippen molar-refractivity contribution in [1.82, 2.24) is 10.6 Å². The van der Waals surface area contributed by atoms with E-state index in [4.69, 9.17) is 0 Å². The van der Waals surface area contributed by atoms with Crippen LogP contribution in [0.25, 0.3) is 0 Å². The molecule has 0 saturated heterocycles. The van der Waals surface area contributed by atoms with Gasteiger partial charge >= 0.3 is 6.03 Å². The van der Waals surface area contributed by atoms with Gasteiger partial charge in [0, 0.05) is 13.1 Å². The minimum Gasteiger partial charge on any atom is -0.508 e. The average Bonchev–Trinajstić information content (AvgIpc) is 2.59. The number of carbonyl (C=O) groups is 1. The van der Waals surface area contributed by atoms with Crippen LogP contribution in [0.3, 0.4) is 0 Å². The van der Waals surface area contributed by atoms with Gasteiger partial charge in [-0.25, -0.2) is 4.79 Å². The standard InChI is InChI=1S/C20H34N2O2/c1-2-3-4-5-6-7-8-9-10-11-16-21-20(24)22-17-18-12-14-19(23)15-13-18/h12-15,23H,2-11,16-17H2,1H3,(H2,21,22,24). The van der Waals surface area contributed by atoms with E-state index >= 15 is 0 Å². The molecule has 1 aromatic rings. The van der Waals surface area contributed by atoms with Gasteiger partial charge in [0.05, 0.1) is 0 Å². The van der Waals surface area contributed by atoms with Crippen LogP contribution in [-0.2, 0) is 6.54 Å². The molecule has 0 unspecified atom stereocenters. The summed E-state index contributed by atoms with van der Waals surface area (Å²) < 4.78 is 0. The Kier molecular flexibility index (Phi) is 11.6. The van der Waals surface area contributed by atoms with Gasteiger partial charge in [-0.05, 0) is 24.1 Å². The Morgan fingerprint density at radius 3 is 1.96 bits per heavy atom. The Labute approximate surface area is 147 Å². The van der Waals surface area contributed by atoms with E-state index in [0.717, 1.165) is 18.5 Å². The van der Waals surface area contributed by atoms with Crippen LogP contribution >= 0.6 is 0 Å². The molecular weight excluding hydrogens is 300 g/mol. The molecule has 3 N–H and O–H groups in total. The third-order valence-electron chi connectivity index (χ3n) is 4.21. The summed E-state index contributed by atoms with van der Waals surface area (Å²) in [5.41, 5.74) is 0.974. The molecule has 1 aromatic carbocycles. The highest BCUT2D eigenvalue weighted by Gasteiger charge is 2.00. The molecule has 0 saturated carbocycles. The highest BCUT2D eigenvalue weighted by Crippen LogP contribution is 2.10. The highest BCUT2D eigenvalue weighted by atomic mass is 16.3. The molecule has 0 spiro atoms. The normalized spacial score (nSPS) is 10.5. The Morgan fingerprint density at radius 2 is 1.38 bits per heavy atom. The van der Waals surface area contributed by atoms with Gasteiger partial charge in [-0.1, -0.05) is 76.8 Å². The van der Waals surface area contributed by atoms with Crippen molar-refractivity contribution in [3.8, 4) is 5.75 Å². The number of phenols is 1. The molecule has 0 aliphatic heterocycles. The summed E-state index contributed by atoms with van der Waals surface area (Å²) in [6.07, 6.45) is 13.0. The number of unbranched alkanes of at least 4 members (excludes halogenated alkanes) is 9. The maximum Gasteiger partial charge on any atom is 0.315 e. The zero-order chi connectivity index (χ0) is 17.5. The summed E-state index contributed by atoms with van der Waals surface area (Å²) in [6.45, 7) is 3.46. The third-order valence-corrected chi connectivity index (χ3v) is 4.21. The molecule has 0 bridgehead atoms. The largest absolute Gasteiger partial charge is 0.508 e. The van der Waals surface area contributed by atoms with Gasteiger partial charge in [-0.2, -0.15) is 0 Å². The van der Waals surface area contributed by atoms with Crippen LogP contribution in [-0.4, -0.2) is 17.7 Å². The van der Waals surface area contributed by atoms with E-state index in [2.05, 4.69) is 17.6 Å². The third kappa shape index (κ3) is 10.9. The summed E-state index contributed by atoms with van der Waals surface area (Å²) in [4.78, 5) is 11.7. The van der Waals surface area contributed by atoms with Crippen molar-refractivity contribution in [2.45, 2.75) is 77.7 Å². The van der Waals surface area contributed by atoms with Gasteiger partial charge in [0.1, 0.15) is 5.75 Å². The van der Waals surface area contributed by atoms with Gasteiger partial charge in [-0.15, -0.1) is 0 Å². The van der Waals surface area contributed by atoms with Crippen molar-refractivity contribution in [1.29, 1.82) is 0 Å². The molecule has 0 atom stereocenters. The minimum absolute atomic E-state index is 0.126. The predicted molar refractivity (Wildman–Crippen MR) is 100 cm³/mol. The van der Waals surface area contributed by atoms with Crippen LogP contribution in [0.2, 0.25) is 0 Å². The van der Waals surface area contributed by atoms with Crippen LogP contribution < -0.4 is 10.6 Å². The number of carbonyl (C=O) groups excluding carboxylic acids is 1. The second-order valence-corrected chi connectivity index (χ2v) is 6.46. The molecule has 0 aliphatic carbocycles. The van der Waals surface area contributed by atoms with Crippen molar-refractivity contribution >= 4 is 6.03 Å². The average molecular weight is 335 g/mol. The zero-order valence-electron chi connectivity index (χ0n) is 15.2. The summed E-state index contributed by atoms with van der Waals surface area (Å²) >= 11 is 0. The SMILES string of the molecule is CCCCCCCCCCCCNC(=O)NCc1ccc(O)cc1. The molecule has 0 fully saturated rings. The fourth-order valence-electron chi connectivity index (χ4n) is 2.67. The number of aromatic hydroxyl groups is 1. The number of rotatable bonds is 13. The van der Waals surface area contributed by atoms with E-state index in [1.165, 1.54) is 57.8 Å². The van der Waals surface area contributed by atoms with E-state index in [9.17, 15) is 9.90 Å². The Bertz CT molecular complexity index is 432. The Balaban J connectivity index is 1.88. The monoisotopic (exact) mass is 334 g/mol. The fourth-order valence-corrected chi connectivity index (χ4v) is 2.67. The first kappa shape index (κ1) is 20.3. The van der Waals surface area contributed by atoms with E-state index in [1.54, 1.807) is 24.3 Å². The van der Waals surface area contributed by atoms with Crippen molar-refractivity contribution in [2.24, 2.45) is 0 Å². The molecule has 0 aliphatic rings. The summed E-state index contributed by atoms with van der Waals surface area (Å²) in [6, 6.07) is 6.73. The summed E-state index contributed by atoms with van der Waals surface area (Å²) in [5, 5.41) is 14.9. The molecule has 1 rings (SSSR count). The Morgan fingerprint density at radius 1 is 0.833 bits per heavy atom. The van der Waals surface area contributed by atoms with Gasteiger partial charge in [0.2, 0.25) is 0 Å². The second kappa shape index (κ2) is 13.7. The molecule has 4 heteroatoms. The molecule has 2 amide bonds. The topological polar surface area (TPSA) is 61.4 Å². The lowest BCUT2D eigenvalue weighted by Crippen LogP contribution is -2.35. The van der Waals surface area contributed by atoms with Crippen LogP contribution in [0.4, 0.5) is 4.79 Å². The smallest absolute Gasteiger partial charge is 0.315 e. The van der Waals surface area contributed by atoms with Crippen LogP contribution in [0.15, 0.2) is 24.3 Å². The first-order valence-corrected chi connectivity index (χ1v) is 9.52. The maximum absolute atomic E-state index is 11.7.